The summed E-state index contributed by atoms with van der Waals surface area (Å²) in [5, 5.41) is 2.90. The first-order valence-electron chi connectivity index (χ1n) is 17.5. The lowest BCUT2D eigenvalue weighted by atomic mass is 9.86. The summed E-state index contributed by atoms with van der Waals surface area (Å²) in [6.07, 6.45) is 12.9. The third-order valence-electron chi connectivity index (χ3n) is 10.5. The predicted molar refractivity (Wildman–Crippen MR) is 187 cm³/mol. The number of amides is 2. The molecule has 1 aromatic heterocycles. The van der Waals surface area contributed by atoms with Gasteiger partial charge in [-0.1, -0.05) is 18.2 Å². The molecule has 5 atom stereocenters. The first kappa shape index (κ1) is 34.3. The van der Waals surface area contributed by atoms with E-state index in [0.717, 1.165) is 42.2 Å². The Morgan fingerprint density at radius 2 is 1.63 bits per heavy atom. The van der Waals surface area contributed by atoms with E-state index in [1.54, 1.807) is 43.5 Å². The van der Waals surface area contributed by atoms with Crippen molar-refractivity contribution in [2.24, 2.45) is 17.8 Å². The molecule has 262 valence electrons. The zero-order valence-electron chi connectivity index (χ0n) is 28.6. The third-order valence-corrected chi connectivity index (χ3v) is 10.5. The highest BCUT2D eigenvalue weighted by atomic mass is 16.5. The van der Waals surface area contributed by atoms with E-state index in [1.807, 2.05) is 42.5 Å². The van der Waals surface area contributed by atoms with Crippen molar-refractivity contribution < 1.29 is 34.8 Å². The lowest BCUT2D eigenvalue weighted by molar-refractivity contribution is -0.120. The van der Waals surface area contributed by atoms with Crippen molar-refractivity contribution in [3.8, 4) is 17.2 Å². The Hall–Kier alpha value is -4.60. The lowest BCUT2D eigenvalue weighted by Gasteiger charge is -2.24. The molecule has 1 N–H and O–H groups in total. The number of benzene rings is 2. The second kappa shape index (κ2) is 15.7. The number of hydrogen-bond acceptors (Lipinski definition) is 8. The van der Waals surface area contributed by atoms with Crippen LogP contribution in [0.1, 0.15) is 81.6 Å². The number of likely N-dealkylation sites (tertiary alicyclic amines) is 1. The van der Waals surface area contributed by atoms with Gasteiger partial charge in [0.2, 0.25) is 0 Å². The number of carbonyl (C=O) groups is 3. The number of rotatable bonds is 9. The number of Topliss-reactive ketones (excluding diaryl/α,β-unsaturated/α-hetero) is 1. The largest absolute Gasteiger partial charge is 0.493 e. The van der Waals surface area contributed by atoms with Crippen LogP contribution in [-0.2, 0) is 9.53 Å². The summed E-state index contributed by atoms with van der Waals surface area (Å²) < 4.78 is 22.7. The summed E-state index contributed by atoms with van der Waals surface area (Å²) in [7, 11) is 2.99. The van der Waals surface area contributed by atoms with Crippen LogP contribution in [0.4, 0.5) is 10.5 Å². The van der Waals surface area contributed by atoms with E-state index in [1.165, 1.54) is 39.2 Å². The van der Waals surface area contributed by atoms with Gasteiger partial charge in [-0.05, 0) is 112 Å². The molecule has 3 saturated carbocycles. The molecule has 4 aliphatic rings. The maximum Gasteiger partial charge on any atom is 0.409 e. The first-order chi connectivity index (χ1) is 23.8. The second-order valence-corrected chi connectivity index (χ2v) is 13.7. The highest BCUT2D eigenvalue weighted by Gasteiger charge is 2.41. The van der Waals surface area contributed by atoms with Crippen molar-refractivity contribution in [2.45, 2.75) is 76.4 Å². The molecule has 1 saturated heterocycles. The van der Waals surface area contributed by atoms with E-state index in [9.17, 15) is 14.4 Å². The maximum atomic E-state index is 12.6. The van der Waals surface area contributed by atoms with E-state index in [-0.39, 0.29) is 37.2 Å². The number of nitrogens with zero attached hydrogens (tertiary/aromatic N) is 2. The van der Waals surface area contributed by atoms with Crippen molar-refractivity contribution in [3.63, 3.8) is 0 Å². The minimum Gasteiger partial charge on any atom is -0.493 e. The summed E-state index contributed by atoms with van der Waals surface area (Å²) in [5.74, 6) is 3.23. The minimum absolute atomic E-state index is 0. The quantitative estimate of drug-likeness (QED) is 0.248. The molecule has 2 amide bonds. The molecule has 7 rings (SSSR count). The smallest absolute Gasteiger partial charge is 0.409 e. The Labute approximate surface area is 290 Å². The van der Waals surface area contributed by atoms with Crippen molar-refractivity contribution in [3.05, 3.63) is 78.1 Å². The standard InChI is InChI=1S/C20H27NO5.C19H20N2O2.H2/c1-13(22)16-11-21(20(23)25-3)12-17(16)14-8-9-18(24-2)19(10-14)26-15-6-4-5-7-15;22-19(21-15-7-9-20-10-8-15)16-3-1-2-4-17(16)23-18-12-13-5-6-14(18)11-13;/h8-10,15-17H,4-7,11-12H2,1-3H3;1-4,7-10,13-14,18H,5-6,11-12H2,(H,20,21,22);1H/t16-,17+;13?,14?,18-;/m10./s1. The number of aromatic nitrogens is 1. The average molecular weight is 672 g/mol. The summed E-state index contributed by atoms with van der Waals surface area (Å²) in [6, 6.07) is 16.9. The predicted octanol–water partition coefficient (Wildman–Crippen LogP) is 7.53. The number of carbonyl (C=O) groups excluding carboxylic acids is 3. The number of fused-ring (bicyclic) bond motifs is 2. The number of nitrogens with one attached hydrogen (secondary N) is 1. The average Bonchev–Trinajstić information content (AvgIpc) is 3.95. The van der Waals surface area contributed by atoms with E-state index in [4.69, 9.17) is 18.9 Å². The normalized spacial score (nSPS) is 24.1. The molecule has 2 bridgehead atoms. The molecule has 49 heavy (non-hydrogen) atoms. The molecule has 10 heteroatoms. The molecule has 2 aromatic carbocycles. The SMILES string of the molecule is COC(=O)N1C[C@H](C(C)=O)[C@H](c2ccc(OC)c(OC3CCCC3)c2)C1.O=C(Nc1ccncc1)c1ccccc1O[C@H]1CC2CCC1C2.[HH]. The van der Waals surface area contributed by atoms with Crippen LogP contribution in [0.2, 0.25) is 0 Å². The van der Waals surface area contributed by atoms with Crippen molar-refractivity contribution >= 4 is 23.5 Å². The summed E-state index contributed by atoms with van der Waals surface area (Å²) in [6.45, 7) is 2.43. The van der Waals surface area contributed by atoms with Gasteiger partial charge in [-0.3, -0.25) is 14.6 Å². The number of hydrogen-bond donors (Lipinski definition) is 1. The molecule has 2 heterocycles. The zero-order chi connectivity index (χ0) is 34.3. The number of para-hydroxylation sites is 1. The second-order valence-electron chi connectivity index (χ2n) is 13.7. The van der Waals surface area contributed by atoms with Crippen molar-refractivity contribution in [2.75, 3.05) is 32.6 Å². The molecule has 0 spiro atoms. The van der Waals surface area contributed by atoms with Gasteiger partial charge in [-0.2, -0.15) is 0 Å². The topological polar surface area (TPSA) is 116 Å². The number of pyridine rings is 1. The molecular formula is C39H49N3O7. The fourth-order valence-electron chi connectivity index (χ4n) is 7.92. The number of methoxy groups -OCH3 is 2. The van der Waals surface area contributed by atoms with Crippen LogP contribution in [0, 0.1) is 17.8 Å². The summed E-state index contributed by atoms with van der Waals surface area (Å²) >= 11 is 0. The van der Waals surface area contributed by atoms with Crippen LogP contribution >= 0.6 is 0 Å². The summed E-state index contributed by atoms with van der Waals surface area (Å²) in [4.78, 5) is 42.2. The zero-order valence-corrected chi connectivity index (χ0v) is 28.6. The van der Waals surface area contributed by atoms with Crippen LogP contribution in [0.5, 0.6) is 17.2 Å². The highest BCUT2D eigenvalue weighted by molar-refractivity contribution is 6.06. The van der Waals surface area contributed by atoms with Crippen LogP contribution in [-0.4, -0.2) is 67.2 Å². The molecule has 2 unspecified atom stereocenters. The van der Waals surface area contributed by atoms with Crippen molar-refractivity contribution in [1.82, 2.24) is 9.88 Å². The highest BCUT2D eigenvalue weighted by Crippen LogP contribution is 2.46. The Kier molecular flexibility index (Phi) is 11.0. The van der Waals surface area contributed by atoms with E-state index < -0.39 is 6.09 Å². The monoisotopic (exact) mass is 671 g/mol. The van der Waals surface area contributed by atoms with Crippen LogP contribution < -0.4 is 19.5 Å². The minimum atomic E-state index is -0.394. The van der Waals surface area contributed by atoms with Crippen LogP contribution in [0.25, 0.3) is 0 Å². The molecule has 3 aromatic rings. The van der Waals surface area contributed by atoms with E-state index >= 15 is 0 Å². The molecule has 4 fully saturated rings. The Morgan fingerprint density at radius 1 is 0.857 bits per heavy atom. The first-order valence-corrected chi connectivity index (χ1v) is 17.5. The Morgan fingerprint density at radius 3 is 2.31 bits per heavy atom. The Balaban J connectivity index is 0.000000192. The van der Waals surface area contributed by atoms with Gasteiger partial charge >= 0.3 is 6.09 Å². The van der Waals surface area contributed by atoms with Gasteiger partial charge in [-0.25, -0.2) is 4.79 Å². The van der Waals surface area contributed by atoms with Crippen LogP contribution in [0.15, 0.2) is 67.0 Å². The Bertz CT molecular complexity index is 1620. The number of ketones is 1. The molecule has 0 radical (unpaired) electrons. The van der Waals surface area contributed by atoms with Gasteiger partial charge in [0.15, 0.2) is 11.5 Å². The van der Waals surface area contributed by atoms with Gasteiger partial charge in [0, 0.05) is 44.4 Å². The van der Waals surface area contributed by atoms with Gasteiger partial charge in [0.05, 0.1) is 25.9 Å². The fourth-order valence-corrected chi connectivity index (χ4v) is 7.92. The number of ether oxygens (including phenoxy) is 4. The van der Waals surface area contributed by atoms with E-state index in [0.29, 0.717) is 36.1 Å². The van der Waals surface area contributed by atoms with Gasteiger partial charge in [0.25, 0.3) is 5.91 Å². The molecule has 10 nitrogen and oxygen atoms in total. The third kappa shape index (κ3) is 8.17. The number of anilines is 1. The molecular weight excluding hydrogens is 622 g/mol. The van der Waals surface area contributed by atoms with Gasteiger partial charge in [-0.15, -0.1) is 0 Å². The van der Waals surface area contributed by atoms with Gasteiger partial charge in [0.1, 0.15) is 17.6 Å². The fraction of sp³-hybridized carbons (Fsp3) is 0.487. The molecule has 1 aliphatic heterocycles. The van der Waals surface area contributed by atoms with Crippen molar-refractivity contribution in [1.29, 1.82) is 0 Å². The lowest BCUT2D eigenvalue weighted by Crippen LogP contribution is -2.29. The van der Waals surface area contributed by atoms with E-state index in [2.05, 4.69) is 10.3 Å². The molecule has 3 aliphatic carbocycles. The van der Waals surface area contributed by atoms with Crippen LogP contribution in [0.3, 0.4) is 0 Å². The van der Waals surface area contributed by atoms with Gasteiger partial charge < -0.3 is 29.2 Å². The summed E-state index contributed by atoms with van der Waals surface area (Å²) in [5.41, 5.74) is 2.32. The maximum absolute atomic E-state index is 12.6.